The molecular weight excluding hydrogens is 192 g/mol. The van der Waals surface area contributed by atoms with Crippen molar-refractivity contribution in [2.24, 2.45) is 0 Å². The molecule has 0 amide bonds. The molecule has 0 spiro atoms. The van der Waals surface area contributed by atoms with E-state index in [0.717, 1.165) is 22.6 Å². The van der Waals surface area contributed by atoms with E-state index in [2.05, 4.69) is 10.1 Å². The van der Waals surface area contributed by atoms with Crippen molar-refractivity contribution in [2.75, 3.05) is 7.11 Å². The van der Waals surface area contributed by atoms with Gasteiger partial charge in [0, 0.05) is 23.4 Å². The molecule has 0 saturated heterocycles. The molecule has 0 bridgehead atoms. The Balaban J connectivity index is 2.45. The second-order valence-electron chi connectivity index (χ2n) is 3.29. The molecule has 2 rings (SSSR count). The third kappa shape index (κ3) is 1.70. The van der Waals surface area contributed by atoms with Crippen molar-refractivity contribution in [3.8, 4) is 17.0 Å². The molecule has 78 valence electrons. The number of rotatable bonds is 2. The molecule has 0 saturated carbocycles. The lowest BCUT2D eigenvalue weighted by molar-refractivity contribution is 0.393. The quantitative estimate of drug-likeness (QED) is 0.753. The normalized spacial score (nSPS) is 10.3. The van der Waals surface area contributed by atoms with Crippen LogP contribution in [0, 0.1) is 13.8 Å². The lowest BCUT2D eigenvalue weighted by atomic mass is 10.1. The molecule has 0 aliphatic rings. The Bertz CT molecular complexity index is 440. The van der Waals surface area contributed by atoms with Crippen molar-refractivity contribution in [1.82, 2.24) is 10.1 Å². The maximum Gasteiger partial charge on any atom is 0.212 e. The maximum absolute atomic E-state index is 5.10. The van der Waals surface area contributed by atoms with Gasteiger partial charge in [-0.25, -0.2) is 4.98 Å². The smallest absolute Gasteiger partial charge is 0.212 e. The van der Waals surface area contributed by atoms with Crippen LogP contribution in [0.4, 0.5) is 0 Å². The molecular formula is C11H12N2O2. The van der Waals surface area contributed by atoms with Gasteiger partial charge in [-0.3, -0.25) is 0 Å². The minimum absolute atomic E-state index is 0.602. The first kappa shape index (κ1) is 9.71. The highest BCUT2D eigenvalue weighted by molar-refractivity contribution is 5.66. The molecule has 0 aromatic carbocycles. The molecule has 4 nitrogen and oxygen atoms in total. The average Bonchev–Trinajstić information content (AvgIpc) is 2.59. The number of aryl methyl sites for hydroxylation is 2. The molecule has 0 atom stereocenters. The first-order chi connectivity index (χ1) is 7.22. The van der Waals surface area contributed by atoms with Crippen molar-refractivity contribution >= 4 is 0 Å². The highest BCUT2D eigenvalue weighted by Gasteiger charge is 2.11. The zero-order valence-electron chi connectivity index (χ0n) is 8.94. The van der Waals surface area contributed by atoms with Gasteiger partial charge < -0.3 is 9.26 Å². The van der Waals surface area contributed by atoms with Gasteiger partial charge in [-0.1, -0.05) is 5.16 Å². The van der Waals surface area contributed by atoms with Crippen LogP contribution in [0.5, 0.6) is 5.88 Å². The summed E-state index contributed by atoms with van der Waals surface area (Å²) >= 11 is 0. The topological polar surface area (TPSA) is 48.2 Å². The molecule has 0 aliphatic heterocycles. The van der Waals surface area contributed by atoms with Crippen LogP contribution >= 0.6 is 0 Å². The summed E-state index contributed by atoms with van der Waals surface area (Å²) in [4.78, 5) is 4.14. The van der Waals surface area contributed by atoms with Crippen LogP contribution in [0.1, 0.15) is 11.5 Å². The van der Waals surface area contributed by atoms with E-state index >= 15 is 0 Å². The van der Waals surface area contributed by atoms with E-state index in [9.17, 15) is 0 Å². The summed E-state index contributed by atoms with van der Waals surface area (Å²) in [7, 11) is 1.60. The minimum atomic E-state index is 0.602. The lowest BCUT2D eigenvalue weighted by Crippen LogP contribution is -1.88. The third-order valence-electron chi connectivity index (χ3n) is 2.27. The van der Waals surface area contributed by atoms with E-state index < -0.39 is 0 Å². The molecule has 2 aromatic rings. The Labute approximate surface area is 87.9 Å². The fraction of sp³-hybridized carbons (Fsp3) is 0.273. The number of ether oxygens (including phenoxy) is 1. The summed E-state index contributed by atoms with van der Waals surface area (Å²) in [5, 5.41) is 3.90. The number of nitrogens with zero attached hydrogens (tertiary/aromatic N) is 2. The van der Waals surface area contributed by atoms with E-state index in [-0.39, 0.29) is 0 Å². The molecule has 15 heavy (non-hydrogen) atoms. The molecule has 0 aliphatic carbocycles. The van der Waals surface area contributed by atoms with Gasteiger partial charge in [0.2, 0.25) is 5.88 Å². The predicted octanol–water partition coefficient (Wildman–Crippen LogP) is 2.36. The molecule has 2 aromatic heterocycles. The Kier molecular flexibility index (Phi) is 2.41. The first-order valence-electron chi connectivity index (χ1n) is 4.65. The summed E-state index contributed by atoms with van der Waals surface area (Å²) in [5.41, 5.74) is 2.87. The van der Waals surface area contributed by atoms with Crippen LogP contribution in [-0.4, -0.2) is 17.3 Å². The van der Waals surface area contributed by atoms with E-state index in [1.165, 1.54) is 0 Å². The Morgan fingerprint density at radius 1 is 1.27 bits per heavy atom. The number of hydrogen-bond donors (Lipinski definition) is 0. The standard InChI is InChI=1S/C11H12N2O2/c1-7-11(8(2)15-13-7)9-4-5-10(14-3)12-6-9/h4-6H,1-3H3. The summed E-state index contributed by atoms with van der Waals surface area (Å²) in [6, 6.07) is 3.76. The molecule has 0 fully saturated rings. The molecule has 0 N–H and O–H groups in total. The maximum atomic E-state index is 5.10. The number of pyridine rings is 1. The lowest BCUT2D eigenvalue weighted by Gasteiger charge is -2.01. The van der Waals surface area contributed by atoms with Crippen molar-refractivity contribution < 1.29 is 9.26 Å². The van der Waals surface area contributed by atoms with E-state index in [1.807, 2.05) is 26.0 Å². The van der Waals surface area contributed by atoms with Gasteiger partial charge in [0.1, 0.15) is 5.76 Å². The zero-order chi connectivity index (χ0) is 10.8. The van der Waals surface area contributed by atoms with Crippen molar-refractivity contribution in [1.29, 1.82) is 0 Å². The monoisotopic (exact) mass is 204 g/mol. The molecule has 0 radical (unpaired) electrons. The van der Waals surface area contributed by atoms with Crippen molar-refractivity contribution in [3.05, 3.63) is 29.8 Å². The SMILES string of the molecule is COc1ccc(-c2c(C)noc2C)cn1. The summed E-state index contributed by atoms with van der Waals surface area (Å²) < 4.78 is 10.1. The largest absolute Gasteiger partial charge is 0.481 e. The first-order valence-corrected chi connectivity index (χ1v) is 4.65. The summed E-state index contributed by atoms with van der Waals surface area (Å²) in [6.07, 6.45) is 1.76. The molecule has 4 heteroatoms. The van der Waals surface area contributed by atoms with Crippen LogP contribution in [0.25, 0.3) is 11.1 Å². The van der Waals surface area contributed by atoms with Gasteiger partial charge in [0.15, 0.2) is 0 Å². The third-order valence-corrected chi connectivity index (χ3v) is 2.27. The van der Waals surface area contributed by atoms with E-state index in [4.69, 9.17) is 9.26 Å². The van der Waals surface area contributed by atoms with Crippen LogP contribution in [0.3, 0.4) is 0 Å². The van der Waals surface area contributed by atoms with Gasteiger partial charge in [-0.15, -0.1) is 0 Å². The van der Waals surface area contributed by atoms with Crippen LogP contribution in [0.2, 0.25) is 0 Å². The minimum Gasteiger partial charge on any atom is -0.481 e. The van der Waals surface area contributed by atoms with Crippen LogP contribution in [0.15, 0.2) is 22.9 Å². The number of hydrogen-bond acceptors (Lipinski definition) is 4. The van der Waals surface area contributed by atoms with Gasteiger partial charge in [-0.2, -0.15) is 0 Å². The summed E-state index contributed by atoms with van der Waals surface area (Å²) in [6.45, 7) is 3.80. The van der Waals surface area contributed by atoms with Gasteiger partial charge in [0.05, 0.1) is 12.8 Å². The Morgan fingerprint density at radius 3 is 2.53 bits per heavy atom. The summed E-state index contributed by atoms with van der Waals surface area (Å²) in [5.74, 6) is 1.41. The van der Waals surface area contributed by atoms with E-state index in [0.29, 0.717) is 5.88 Å². The zero-order valence-corrected chi connectivity index (χ0v) is 8.94. The van der Waals surface area contributed by atoms with Gasteiger partial charge in [-0.05, 0) is 19.9 Å². The van der Waals surface area contributed by atoms with Crippen molar-refractivity contribution in [2.45, 2.75) is 13.8 Å². The highest BCUT2D eigenvalue weighted by Crippen LogP contribution is 2.26. The average molecular weight is 204 g/mol. The second-order valence-corrected chi connectivity index (χ2v) is 3.29. The second kappa shape index (κ2) is 3.73. The van der Waals surface area contributed by atoms with E-state index in [1.54, 1.807) is 13.3 Å². The Morgan fingerprint density at radius 2 is 2.07 bits per heavy atom. The Hall–Kier alpha value is -1.84. The fourth-order valence-electron chi connectivity index (χ4n) is 1.54. The number of aromatic nitrogens is 2. The molecule has 0 unspecified atom stereocenters. The molecule has 2 heterocycles. The van der Waals surface area contributed by atoms with Crippen LogP contribution < -0.4 is 4.74 Å². The fourth-order valence-corrected chi connectivity index (χ4v) is 1.54. The van der Waals surface area contributed by atoms with Crippen LogP contribution in [-0.2, 0) is 0 Å². The van der Waals surface area contributed by atoms with Gasteiger partial charge >= 0.3 is 0 Å². The number of methoxy groups -OCH3 is 1. The highest BCUT2D eigenvalue weighted by atomic mass is 16.5. The van der Waals surface area contributed by atoms with Crippen molar-refractivity contribution in [3.63, 3.8) is 0 Å². The predicted molar refractivity (Wildman–Crippen MR) is 55.8 cm³/mol. The van der Waals surface area contributed by atoms with Gasteiger partial charge in [0.25, 0.3) is 0 Å².